The minimum atomic E-state index is -0.329. The number of hydrogen-bond acceptors (Lipinski definition) is 7. The molecule has 0 unspecified atom stereocenters. The summed E-state index contributed by atoms with van der Waals surface area (Å²) in [6, 6.07) is 15.2. The van der Waals surface area contributed by atoms with Gasteiger partial charge in [0, 0.05) is 39.9 Å². The summed E-state index contributed by atoms with van der Waals surface area (Å²) in [6.45, 7) is 0. The zero-order chi connectivity index (χ0) is 23.5. The quantitative estimate of drug-likeness (QED) is 0.216. The zero-order valence-corrected chi connectivity index (χ0v) is 17.9. The van der Waals surface area contributed by atoms with E-state index < -0.39 is 0 Å². The molecule has 0 atom stereocenters. The number of aromatic nitrogens is 5. The predicted molar refractivity (Wildman–Crippen MR) is 132 cm³/mol. The van der Waals surface area contributed by atoms with Crippen molar-refractivity contribution < 1.29 is 4.79 Å². The Kier molecular flexibility index (Phi) is 5.37. The number of nitrogens with one attached hydrogen (secondary N) is 4. The predicted octanol–water partition coefficient (Wildman–Crippen LogP) is 3.25. The Hall–Kier alpha value is -5.12. The summed E-state index contributed by atoms with van der Waals surface area (Å²) >= 11 is 0. The molecule has 34 heavy (non-hydrogen) atoms. The monoisotopic (exact) mass is 451 g/mol. The van der Waals surface area contributed by atoms with Gasteiger partial charge in [0.1, 0.15) is 11.5 Å². The standard InChI is InChI=1S/C24H21N9O/c25-7-5-18(12-26)30-24(34)21-11-15-9-14(1-3-19(15)31-21)23-27-8-6-22(32-23)29-17-2-4-20-16(10-17)13-28-33-20/h1-13,31H,25-26H2,(H,28,33)(H,30,34)(H,27,29,32)/b7-5-,18-12+. The van der Waals surface area contributed by atoms with Crippen LogP contribution in [0.5, 0.6) is 0 Å². The van der Waals surface area contributed by atoms with Crippen LogP contribution in [0.4, 0.5) is 11.5 Å². The zero-order valence-electron chi connectivity index (χ0n) is 17.9. The van der Waals surface area contributed by atoms with Crippen LogP contribution in [0, 0.1) is 0 Å². The lowest BCUT2D eigenvalue weighted by molar-refractivity contribution is 0.0963. The lowest BCUT2D eigenvalue weighted by Crippen LogP contribution is -2.23. The van der Waals surface area contributed by atoms with Gasteiger partial charge in [-0.05, 0) is 60.8 Å². The van der Waals surface area contributed by atoms with Crippen molar-refractivity contribution in [3.05, 3.63) is 90.8 Å². The highest BCUT2D eigenvalue weighted by Crippen LogP contribution is 2.25. The number of nitrogens with two attached hydrogens (primary N) is 2. The second-order valence-corrected chi connectivity index (χ2v) is 7.48. The highest BCUT2D eigenvalue weighted by molar-refractivity contribution is 5.99. The van der Waals surface area contributed by atoms with Crippen molar-refractivity contribution in [2.45, 2.75) is 0 Å². The summed E-state index contributed by atoms with van der Waals surface area (Å²) in [5.41, 5.74) is 15.2. The van der Waals surface area contributed by atoms with Gasteiger partial charge < -0.3 is 27.1 Å². The van der Waals surface area contributed by atoms with Crippen LogP contribution in [0.3, 0.4) is 0 Å². The molecule has 3 aromatic heterocycles. The highest BCUT2D eigenvalue weighted by atomic mass is 16.1. The van der Waals surface area contributed by atoms with Gasteiger partial charge in [-0.3, -0.25) is 9.89 Å². The molecule has 3 heterocycles. The third-order valence-electron chi connectivity index (χ3n) is 5.20. The summed E-state index contributed by atoms with van der Waals surface area (Å²) < 4.78 is 0. The lowest BCUT2D eigenvalue weighted by atomic mass is 10.1. The minimum Gasteiger partial charge on any atom is -0.405 e. The first-order chi connectivity index (χ1) is 16.6. The summed E-state index contributed by atoms with van der Waals surface area (Å²) in [6.07, 6.45) is 7.55. The molecule has 0 spiro atoms. The van der Waals surface area contributed by atoms with Gasteiger partial charge >= 0.3 is 0 Å². The third-order valence-corrected chi connectivity index (χ3v) is 5.20. The van der Waals surface area contributed by atoms with E-state index in [0.29, 0.717) is 23.0 Å². The molecule has 0 bridgehead atoms. The maximum atomic E-state index is 12.5. The van der Waals surface area contributed by atoms with Crippen molar-refractivity contribution in [2.75, 3.05) is 5.32 Å². The molecule has 168 valence electrons. The molecule has 5 aromatic rings. The number of nitrogens with zero attached hydrogens (tertiary/aromatic N) is 3. The topological polar surface area (TPSA) is 163 Å². The Bertz CT molecular complexity index is 1560. The molecule has 0 saturated heterocycles. The van der Waals surface area contributed by atoms with Gasteiger partial charge in [-0.25, -0.2) is 9.97 Å². The number of anilines is 2. The van der Waals surface area contributed by atoms with Gasteiger partial charge in [-0.2, -0.15) is 5.10 Å². The maximum Gasteiger partial charge on any atom is 0.272 e. The smallest absolute Gasteiger partial charge is 0.272 e. The van der Waals surface area contributed by atoms with E-state index in [2.05, 4.69) is 35.8 Å². The van der Waals surface area contributed by atoms with Crippen molar-refractivity contribution in [1.82, 2.24) is 30.5 Å². The number of carbonyl (C=O) groups excluding carboxylic acids is 1. The van der Waals surface area contributed by atoms with Crippen LogP contribution in [0.25, 0.3) is 33.2 Å². The number of rotatable bonds is 6. The largest absolute Gasteiger partial charge is 0.405 e. The molecule has 0 aliphatic rings. The number of allylic oxidation sites excluding steroid dienone is 1. The van der Waals surface area contributed by atoms with Crippen LogP contribution in [0.1, 0.15) is 10.5 Å². The second-order valence-electron chi connectivity index (χ2n) is 7.48. The molecule has 0 saturated carbocycles. The fraction of sp³-hybridized carbons (Fsp3) is 0. The number of H-pyrrole nitrogens is 2. The number of aromatic amines is 2. The second kappa shape index (κ2) is 8.79. The Labute approximate surface area is 193 Å². The number of benzene rings is 2. The van der Waals surface area contributed by atoms with Crippen molar-refractivity contribution in [2.24, 2.45) is 11.5 Å². The number of amides is 1. The van der Waals surface area contributed by atoms with E-state index in [0.717, 1.165) is 33.1 Å². The fourth-order valence-corrected chi connectivity index (χ4v) is 3.57. The average Bonchev–Trinajstić information content (AvgIpc) is 3.50. The van der Waals surface area contributed by atoms with Gasteiger partial charge in [0.05, 0.1) is 17.4 Å². The molecular weight excluding hydrogens is 430 g/mol. The van der Waals surface area contributed by atoms with Crippen LogP contribution < -0.4 is 22.1 Å². The van der Waals surface area contributed by atoms with Gasteiger partial charge in [0.25, 0.3) is 5.91 Å². The van der Waals surface area contributed by atoms with Crippen LogP contribution in [0.15, 0.2) is 85.1 Å². The summed E-state index contributed by atoms with van der Waals surface area (Å²) in [7, 11) is 0. The van der Waals surface area contributed by atoms with E-state index in [9.17, 15) is 4.79 Å². The van der Waals surface area contributed by atoms with E-state index in [1.165, 1.54) is 18.5 Å². The first kappa shape index (κ1) is 20.8. The molecule has 0 aliphatic carbocycles. The molecular formula is C24H21N9O. The van der Waals surface area contributed by atoms with Gasteiger partial charge in [-0.15, -0.1) is 0 Å². The molecule has 0 radical (unpaired) electrons. The van der Waals surface area contributed by atoms with Crippen molar-refractivity contribution in [3.63, 3.8) is 0 Å². The number of fused-ring (bicyclic) bond motifs is 2. The van der Waals surface area contributed by atoms with E-state index >= 15 is 0 Å². The van der Waals surface area contributed by atoms with Crippen LogP contribution in [0.2, 0.25) is 0 Å². The summed E-state index contributed by atoms with van der Waals surface area (Å²) in [4.78, 5) is 24.7. The van der Waals surface area contributed by atoms with E-state index in [1.807, 2.05) is 36.4 Å². The summed E-state index contributed by atoms with van der Waals surface area (Å²) in [5.74, 6) is 0.894. The average molecular weight is 451 g/mol. The van der Waals surface area contributed by atoms with Gasteiger partial charge in [0.15, 0.2) is 5.82 Å². The first-order valence-electron chi connectivity index (χ1n) is 10.4. The molecule has 2 aromatic carbocycles. The molecule has 10 heteroatoms. The van der Waals surface area contributed by atoms with E-state index in [1.54, 1.807) is 24.5 Å². The van der Waals surface area contributed by atoms with Crippen molar-refractivity contribution in [1.29, 1.82) is 0 Å². The maximum absolute atomic E-state index is 12.5. The molecule has 10 nitrogen and oxygen atoms in total. The Morgan fingerprint density at radius 3 is 2.74 bits per heavy atom. The van der Waals surface area contributed by atoms with Crippen molar-refractivity contribution in [3.8, 4) is 11.4 Å². The summed E-state index contributed by atoms with van der Waals surface area (Å²) in [5, 5.41) is 14.8. The van der Waals surface area contributed by atoms with Crippen LogP contribution >= 0.6 is 0 Å². The SMILES string of the molecule is N/C=C\C(=C/N)NC(=O)c1cc2cc(-c3nccc(Nc4ccc5[nH]ncc5c4)n3)ccc2[nH]1. The molecule has 8 N–H and O–H groups in total. The minimum absolute atomic E-state index is 0.329. The first-order valence-corrected chi connectivity index (χ1v) is 10.4. The van der Waals surface area contributed by atoms with Crippen LogP contribution in [-0.2, 0) is 0 Å². The Morgan fingerprint density at radius 2 is 1.88 bits per heavy atom. The van der Waals surface area contributed by atoms with Crippen LogP contribution in [-0.4, -0.2) is 31.1 Å². The van der Waals surface area contributed by atoms with E-state index in [-0.39, 0.29) is 5.91 Å². The fourth-order valence-electron chi connectivity index (χ4n) is 3.57. The number of carbonyl (C=O) groups is 1. The van der Waals surface area contributed by atoms with E-state index in [4.69, 9.17) is 11.5 Å². The Morgan fingerprint density at radius 1 is 1.00 bits per heavy atom. The van der Waals surface area contributed by atoms with Gasteiger partial charge in [0.2, 0.25) is 0 Å². The van der Waals surface area contributed by atoms with Crippen molar-refractivity contribution >= 4 is 39.2 Å². The normalized spacial score (nSPS) is 11.9. The van der Waals surface area contributed by atoms with Gasteiger partial charge in [-0.1, -0.05) is 0 Å². The highest BCUT2D eigenvalue weighted by Gasteiger charge is 2.12. The molecule has 5 rings (SSSR count). The number of hydrogen-bond donors (Lipinski definition) is 6. The molecule has 0 fully saturated rings. The molecule has 0 aliphatic heterocycles. The molecule has 1 amide bonds. The third kappa shape index (κ3) is 4.15. The lowest BCUT2D eigenvalue weighted by Gasteiger charge is -2.07. The Balaban J connectivity index is 1.39.